The fourth-order valence-corrected chi connectivity index (χ4v) is 4.85. The normalized spacial score (nSPS) is 15.0. The summed E-state index contributed by atoms with van der Waals surface area (Å²) in [5.41, 5.74) is 1.55. The topological polar surface area (TPSA) is 84.2 Å². The number of hydrogen-bond acceptors (Lipinski definition) is 4. The van der Waals surface area contributed by atoms with E-state index in [0.717, 1.165) is 39.5 Å². The summed E-state index contributed by atoms with van der Waals surface area (Å²) in [5.74, 6) is 0.893. The molecule has 1 saturated carbocycles. The van der Waals surface area contributed by atoms with Crippen molar-refractivity contribution in [3.63, 3.8) is 0 Å². The summed E-state index contributed by atoms with van der Waals surface area (Å²) in [6.07, 6.45) is 4.71. The molecule has 2 aromatic carbocycles. The number of carbonyl (C=O) groups excluding carboxylic acids is 2. The minimum Gasteiger partial charge on any atom is -0.440 e. The Morgan fingerprint density at radius 2 is 1.59 bits per heavy atom. The largest absolute Gasteiger partial charge is 0.440 e. The van der Waals surface area contributed by atoms with Crippen LogP contribution in [0.2, 0.25) is 0 Å². The molecule has 0 radical (unpaired) electrons. The van der Waals surface area contributed by atoms with Crippen LogP contribution in [0.25, 0.3) is 11.3 Å². The van der Waals surface area contributed by atoms with Crippen LogP contribution in [-0.4, -0.2) is 22.3 Å². The molecular weight excluding hydrogens is 562 g/mol. The highest BCUT2D eigenvalue weighted by molar-refractivity contribution is 9.10. The third kappa shape index (κ3) is 5.96. The van der Waals surface area contributed by atoms with Crippen molar-refractivity contribution in [3.05, 3.63) is 69.1 Å². The van der Waals surface area contributed by atoms with Gasteiger partial charge in [-0.2, -0.15) is 0 Å². The van der Waals surface area contributed by atoms with Crippen molar-refractivity contribution >= 4 is 49.4 Å². The molecule has 2 N–H and O–H groups in total. The monoisotopic (exact) mass is 587 g/mol. The Balaban J connectivity index is 1.40. The highest BCUT2D eigenvalue weighted by Gasteiger charge is 2.40. The van der Waals surface area contributed by atoms with Crippen LogP contribution in [0, 0.1) is 6.92 Å². The van der Waals surface area contributed by atoms with Crippen LogP contribution in [0.4, 0.5) is 5.69 Å². The van der Waals surface area contributed by atoms with Crippen molar-refractivity contribution in [2.45, 2.75) is 57.4 Å². The molecule has 8 heteroatoms. The number of nitrogens with zero attached hydrogens (tertiary/aromatic N) is 1. The first-order valence-corrected chi connectivity index (χ1v) is 13.0. The molecule has 34 heavy (non-hydrogen) atoms. The summed E-state index contributed by atoms with van der Waals surface area (Å²) in [5, 5.41) is 6.04. The molecule has 0 saturated heterocycles. The lowest BCUT2D eigenvalue weighted by Crippen LogP contribution is -2.57. The fourth-order valence-electron chi connectivity index (χ4n) is 4.33. The number of benzene rings is 2. The van der Waals surface area contributed by atoms with E-state index in [1.807, 2.05) is 55.5 Å². The molecule has 6 nitrogen and oxygen atoms in total. The first-order chi connectivity index (χ1) is 16.3. The summed E-state index contributed by atoms with van der Waals surface area (Å²) in [7, 11) is 0. The Bertz CT molecular complexity index is 1150. The number of aromatic nitrogens is 1. The molecule has 1 fully saturated rings. The van der Waals surface area contributed by atoms with E-state index in [9.17, 15) is 9.59 Å². The van der Waals surface area contributed by atoms with Gasteiger partial charge in [0, 0.05) is 33.0 Å². The van der Waals surface area contributed by atoms with E-state index in [0.29, 0.717) is 36.6 Å². The molecule has 2 amide bonds. The predicted octanol–water partition coefficient (Wildman–Crippen LogP) is 6.57. The van der Waals surface area contributed by atoms with E-state index in [1.165, 1.54) is 0 Å². The molecule has 0 atom stereocenters. The smallest absolute Gasteiger partial charge is 0.250 e. The predicted molar refractivity (Wildman–Crippen MR) is 139 cm³/mol. The summed E-state index contributed by atoms with van der Waals surface area (Å²) in [4.78, 5) is 30.7. The number of nitrogens with one attached hydrogen (secondary N) is 2. The maximum atomic E-state index is 13.2. The van der Waals surface area contributed by atoms with E-state index >= 15 is 0 Å². The Morgan fingerprint density at radius 3 is 2.24 bits per heavy atom. The highest BCUT2D eigenvalue weighted by atomic mass is 79.9. The molecule has 3 aromatic rings. The average Bonchev–Trinajstić information content (AvgIpc) is 3.20. The second kappa shape index (κ2) is 10.9. The lowest BCUT2D eigenvalue weighted by Gasteiger charge is -2.36. The summed E-state index contributed by atoms with van der Waals surface area (Å²) in [6, 6.07) is 15.3. The van der Waals surface area contributed by atoms with Crippen LogP contribution in [-0.2, 0) is 16.0 Å². The Morgan fingerprint density at radius 1 is 0.971 bits per heavy atom. The van der Waals surface area contributed by atoms with Gasteiger partial charge >= 0.3 is 0 Å². The average molecular weight is 589 g/mol. The van der Waals surface area contributed by atoms with Crippen LogP contribution < -0.4 is 10.6 Å². The van der Waals surface area contributed by atoms with Gasteiger partial charge in [0.05, 0.1) is 5.69 Å². The molecule has 4 rings (SSSR count). The van der Waals surface area contributed by atoms with Gasteiger partial charge in [0.25, 0.3) is 0 Å². The van der Waals surface area contributed by atoms with Crippen LogP contribution >= 0.6 is 31.9 Å². The molecule has 0 bridgehead atoms. The third-order valence-corrected chi connectivity index (χ3v) is 7.19. The number of oxazole rings is 1. The minimum absolute atomic E-state index is 0.160. The van der Waals surface area contributed by atoms with E-state index < -0.39 is 5.54 Å². The quantitative estimate of drug-likeness (QED) is 0.327. The van der Waals surface area contributed by atoms with Crippen LogP contribution in [0.15, 0.2) is 61.9 Å². The van der Waals surface area contributed by atoms with Crippen molar-refractivity contribution in [1.29, 1.82) is 0 Å². The zero-order valence-electron chi connectivity index (χ0n) is 19.0. The van der Waals surface area contributed by atoms with Gasteiger partial charge in [0.2, 0.25) is 11.8 Å². The lowest BCUT2D eigenvalue weighted by molar-refractivity contribution is -0.131. The summed E-state index contributed by atoms with van der Waals surface area (Å²) < 4.78 is 7.89. The lowest BCUT2D eigenvalue weighted by atomic mass is 9.80. The van der Waals surface area contributed by atoms with E-state index in [2.05, 4.69) is 47.5 Å². The molecular formula is C26H27Br2N3O3. The standard InChI is InChI=1S/C26H27Br2N3O3/c1-17-24(18-5-7-19(27)8-6-18)34-23(29-17)14-13-22(32)31-26(15-3-2-4-16-26)25(33)30-21-11-9-20(28)10-12-21/h5-12H,2-4,13-16H2,1H3,(H,30,33)(H,31,32). The van der Waals surface area contributed by atoms with Crippen LogP contribution in [0.5, 0.6) is 0 Å². The first kappa shape index (κ1) is 24.7. The molecule has 1 aliphatic carbocycles. The van der Waals surface area contributed by atoms with Gasteiger partial charge in [0.15, 0.2) is 11.7 Å². The number of aryl methyl sites for hydroxylation is 2. The van der Waals surface area contributed by atoms with Crippen LogP contribution in [0.3, 0.4) is 0 Å². The van der Waals surface area contributed by atoms with Gasteiger partial charge in [0.1, 0.15) is 5.54 Å². The zero-order valence-corrected chi connectivity index (χ0v) is 22.2. The Labute approximate surface area is 216 Å². The van der Waals surface area contributed by atoms with Gasteiger partial charge in [-0.25, -0.2) is 4.98 Å². The first-order valence-electron chi connectivity index (χ1n) is 11.4. The van der Waals surface area contributed by atoms with Gasteiger partial charge in [-0.1, -0.05) is 63.3 Å². The number of anilines is 1. The SMILES string of the molecule is Cc1nc(CCC(=O)NC2(C(=O)Nc3ccc(Br)cc3)CCCCC2)oc1-c1ccc(Br)cc1. The molecule has 178 valence electrons. The minimum atomic E-state index is -0.891. The van der Waals surface area contributed by atoms with Crippen molar-refractivity contribution in [1.82, 2.24) is 10.3 Å². The maximum Gasteiger partial charge on any atom is 0.250 e. The maximum absolute atomic E-state index is 13.2. The second-order valence-electron chi connectivity index (χ2n) is 8.68. The van der Waals surface area contributed by atoms with Crippen LogP contribution in [0.1, 0.15) is 50.1 Å². The number of carbonyl (C=O) groups is 2. The Hall–Kier alpha value is -2.45. The van der Waals surface area contributed by atoms with Gasteiger partial charge in [-0.05, 0) is 56.2 Å². The number of hydrogen-bond donors (Lipinski definition) is 2. The zero-order chi connectivity index (χ0) is 24.1. The number of rotatable bonds is 7. The number of halogens is 2. The van der Waals surface area contributed by atoms with Crippen molar-refractivity contribution in [2.24, 2.45) is 0 Å². The molecule has 1 aromatic heterocycles. The fraction of sp³-hybridized carbons (Fsp3) is 0.346. The van der Waals surface area contributed by atoms with Gasteiger partial charge < -0.3 is 15.1 Å². The summed E-state index contributed by atoms with van der Waals surface area (Å²) in [6.45, 7) is 1.90. The van der Waals surface area contributed by atoms with E-state index in [1.54, 1.807) is 0 Å². The third-order valence-electron chi connectivity index (χ3n) is 6.14. The van der Waals surface area contributed by atoms with Crippen molar-refractivity contribution in [2.75, 3.05) is 5.32 Å². The van der Waals surface area contributed by atoms with E-state index in [4.69, 9.17) is 4.42 Å². The molecule has 1 heterocycles. The van der Waals surface area contributed by atoms with Gasteiger partial charge in [-0.15, -0.1) is 0 Å². The van der Waals surface area contributed by atoms with Crippen molar-refractivity contribution < 1.29 is 14.0 Å². The second-order valence-corrected chi connectivity index (χ2v) is 10.5. The van der Waals surface area contributed by atoms with Crippen molar-refractivity contribution in [3.8, 4) is 11.3 Å². The number of amides is 2. The van der Waals surface area contributed by atoms with E-state index in [-0.39, 0.29) is 18.2 Å². The molecule has 1 aliphatic rings. The molecule has 0 aliphatic heterocycles. The summed E-state index contributed by atoms with van der Waals surface area (Å²) >= 11 is 6.84. The molecule has 0 unspecified atom stereocenters. The Kier molecular flexibility index (Phi) is 7.88. The highest BCUT2D eigenvalue weighted by Crippen LogP contribution is 2.31. The molecule has 0 spiro atoms. The van der Waals surface area contributed by atoms with Gasteiger partial charge in [-0.3, -0.25) is 9.59 Å².